The molecule has 1 saturated heterocycles. The van der Waals surface area contributed by atoms with Gasteiger partial charge in [0.15, 0.2) is 0 Å². The predicted octanol–water partition coefficient (Wildman–Crippen LogP) is 4.69. The third-order valence-electron chi connectivity index (χ3n) is 5.03. The first-order chi connectivity index (χ1) is 11.1. The number of likely N-dealkylation sites (tertiary alicyclic amines) is 1. The van der Waals surface area contributed by atoms with Gasteiger partial charge in [-0.3, -0.25) is 4.79 Å². The highest BCUT2D eigenvalue weighted by Crippen LogP contribution is 2.42. The normalized spacial score (nSPS) is 21.2. The van der Waals surface area contributed by atoms with Gasteiger partial charge in [-0.2, -0.15) is 13.2 Å². The Kier molecular flexibility index (Phi) is 3.89. The number of H-pyrrole nitrogens is 1. The Morgan fingerprint density at radius 3 is 2.62 bits per heavy atom. The van der Waals surface area contributed by atoms with Crippen LogP contribution in [0.5, 0.6) is 0 Å². The molecule has 1 aromatic carbocycles. The van der Waals surface area contributed by atoms with E-state index >= 15 is 0 Å². The average Bonchev–Trinajstić information content (AvgIpc) is 2.91. The van der Waals surface area contributed by atoms with Gasteiger partial charge in [-0.25, -0.2) is 0 Å². The van der Waals surface area contributed by atoms with Gasteiger partial charge in [0.25, 0.3) is 0 Å². The minimum absolute atomic E-state index is 0.00352. The van der Waals surface area contributed by atoms with Crippen molar-refractivity contribution in [3.63, 3.8) is 0 Å². The summed E-state index contributed by atoms with van der Waals surface area (Å²) >= 11 is 0. The second-order valence-electron chi connectivity index (χ2n) is 7.17. The molecule has 0 aliphatic carbocycles. The lowest BCUT2D eigenvalue weighted by molar-refractivity contribution is -0.137. The van der Waals surface area contributed by atoms with Crippen LogP contribution in [0.4, 0.5) is 13.2 Å². The van der Waals surface area contributed by atoms with E-state index in [4.69, 9.17) is 0 Å². The Labute approximate surface area is 138 Å². The molecule has 1 atom stereocenters. The number of halogens is 3. The minimum Gasteiger partial charge on any atom is -0.361 e. The first kappa shape index (κ1) is 16.9. The van der Waals surface area contributed by atoms with Gasteiger partial charge < -0.3 is 9.88 Å². The number of fused-ring (bicyclic) bond motifs is 1. The van der Waals surface area contributed by atoms with Crippen molar-refractivity contribution in [1.29, 1.82) is 0 Å². The smallest absolute Gasteiger partial charge is 0.361 e. The molecule has 2 aromatic rings. The second-order valence-corrected chi connectivity index (χ2v) is 7.17. The van der Waals surface area contributed by atoms with Gasteiger partial charge in [-0.15, -0.1) is 0 Å². The molecule has 1 amide bonds. The Morgan fingerprint density at radius 2 is 2.04 bits per heavy atom. The number of nitrogens with zero attached hydrogens (tertiary/aromatic N) is 1. The zero-order valence-corrected chi connectivity index (χ0v) is 14.0. The van der Waals surface area contributed by atoms with Crippen LogP contribution in [-0.2, 0) is 11.0 Å². The lowest BCUT2D eigenvalue weighted by atomic mass is 9.77. The number of hydrogen-bond acceptors (Lipinski definition) is 1. The molecule has 2 heterocycles. The van der Waals surface area contributed by atoms with Crippen molar-refractivity contribution in [1.82, 2.24) is 9.88 Å². The van der Waals surface area contributed by atoms with Crippen molar-refractivity contribution in [2.75, 3.05) is 6.54 Å². The van der Waals surface area contributed by atoms with E-state index in [1.165, 1.54) is 13.0 Å². The third-order valence-corrected chi connectivity index (χ3v) is 5.03. The van der Waals surface area contributed by atoms with Crippen LogP contribution in [0, 0.1) is 0 Å². The number of alkyl halides is 3. The zero-order valence-electron chi connectivity index (χ0n) is 14.0. The maximum atomic E-state index is 13.2. The lowest BCUT2D eigenvalue weighted by Crippen LogP contribution is -2.51. The molecule has 0 saturated carbocycles. The lowest BCUT2D eigenvalue weighted by Gasteiger charge is -2.45. The summed E-state index contributed by atoms with van der Waals surface area (Å²) in [5, 5.41) is 0.833. The summed E-state index contributed by atoms with van der Waals surface area (Å²) in [6, 6.07) is 4.27. The topological polar surface area (TPSA) is 36.1 Å². The van der Waals surface area contributed by atoms with Crippen molar-refractivity contribution in [2.45, 2.75) is 51.2 Å². The van der Waals surface area contributed by atoms with Crippen LogP contribution >= 0.6 is 0 Å². The standard InChI is InChI=1S/C18H21F3N2O/c1-11(24)23-7-5-12(10-17(23,2)3)15-8-13(18(19,20)21)9-16-14(15)4-6-22-16/h4,6,8-9,12,22H,5,7,10H2,1-3H3. The molecule has 130 valence electrons. The quantitative estimate of drug-likeness (QED) is 0.804. The van der Waals surface area contributed by atoms with E-state index in [1.54, 1.807) is 6.20 Å². The van der Waals surface area contributed by atoms with Gasteiger partial charge in [0.2, 0.25) is 5.91 Å². The monoisotopic (exact) mass is 338 g/mol. The average molecular weight is 338 g/mol. The van der Waals surface area contributed by atoms with Gasteiger partial charge in [-0.05, 0) is 56.4 Å². The Hall–Kier alpha value is -1.98. The van der Waals surface area contributed by atoms with Gasteiger partial charge in [-0.1, -0.05) is 0 Å². The van der Waals surface area contributed by atoms with Crippen LogP contribution < -0.4 is 0 Å². The first-order valence-corrected chi connectivity index (χ1v) is 8.06. The van der Waals surface area contributed by atoms with Crippen molar-refractivity contribution in [3.8, 4) is 0 Å². The maximum Gasteiger partial charge on any atom is 0.416 e. The molecule has 3 rings (SSSR count). The fourth-order valence-electron chi connectivity index (χ4n) is 3.95. The van der Waals surface area contributed by atoms with Crippen LogP contribution in [0.2, 0.25) is 0 Å². The summed E-state index contributed by atoms with van der Waals surface area (Å²) in [6.07, 6.45) is -1.38. The molecule has 3 nitrogen and oxygen atoms in total. The molecule has 24 heavy (non-hydrogen) atoms. The number of aromatic amines is 1. The first-order valence-electron chi connectivity index (χ1n) is 8.06. The molecule has 1 fully saturated rings. The van der Waals surface area contributed by atoms with Crippen LogP contribution in [0.1, 0.15) is 50.7 Å². The molecule has 1 aromatic heterocycles. The largest absolute Gasteiger partial charge is 0.416 e. The fraction of sp³-hybridized carbons (Fsp3) is 0.500. The Balaban J connectivity index is 2.03. The van der Waals surface area contributed by atoms with Gasteiger partial charge >= 0.3 is 6.18 Å². The van der Waals surface area contributed by atoms with Crippen LogP contribution in [0.3, 0.4) is 0 Å². The summed E-state index contributed by atoms with van der Waals surface area (Å²) in [6.45, 7) is 6.05. The number of hydrogen-bond donors (Lipinski definition) is 1. The third kappa shape index (κ3) is 2.89. The van der Waals surface area contributed by atoms with E-state index in [1.807, 2.05) is 24.8 Å². The Morgan fingerprint density at radius 1 is 1.33 bits per heavy atom. The van der Waals surface area contributed by atoms with Crippen molar-refractivity contribution in [3.05, 3.63) is 35.5 Å². The number of carbonyl (C=O) groups excluding carboxylic acids is 1. The molecule has 1 N–H and O–H groups in total. The molecule has 0 radical (unpaired) electrons. The number of nitrogens with one attached hydrogen (secondary N) is 1. The number of amides is 1. The van der Waals surface area contributed by atoms with Gasteiger partial charge in [0.1, 0.15) is 0 Å². The fourth-order valence-corrected chi connectivity index (χ4v) is 3.95. The highest BCUT2D eigenvalue weighted by molar-refractivity contribution is 5.84. The van der Waals surface area contributed by atoms with E-state index in [0.717, 1.165) is 17.0 Å². The highest BCUT2D eigenvalue weighted by atomic mass is 19.4. The molecule has 0 spiro atoms. The van der Waals surface area contributed by atoms with E-state index in [0.29, 0.717) is 24.9 Å². The molecular weight excluding hydrogens is 317 g/mol. The van der Waals surface area contributed by atoms with E-state index in [9.17, 15) is 18.0 Å². The van der Waals surface area contributed by atoms with E-state index < -0.39 is 11.7 Å². The second kappa shape index (κ2) is 5.53. The van der Waals surface area contributed by atoms with Crippen LogP contribution in [-0.4, -0.2) is 27.9 Å². The van der Waals surface area contributed by atoms with Crippen LogP contribution in [0.25, 0.3) is 10.9 Å². The number of carbonyl (C=O) groups is 1. The molecule has 6 heteroatoms. The van der Waals surface area contributed by atoms with E-state index in [-0.39, 0.29) is 17.4 Å². The molecular formula is C18H21F3N2O. The number of benzene rings is 1. The van der Waals surface area contributed by atoms with E-state index in [2.05, 4.69) is 4.98 Å². The van der Waals surface area contributed by atoms with Gasteiger partial charge in [0.05, 0.1) is 5.56 Å². The predicted molar refractivity (Wildman–Crippen MR) is 86.7 cm³/mol. The van der Waals surface area contributed by atoms with Gasteiger partial charge in [0, 0.05) is 36.1 Å². The summed E-state index contributed by atoms with van der Waals surface area (Å²) in [4.78, 5) is 16.5. The minimum atomic E-state index is -4.37. The number of rotatable bonds is 1. The summed E-state index contributed by atoms with van der Waals surface area (Å²) in [7, 11) is 0. The molecule has 1 aliphatic heterocycles. The summed E-state index contributed by atoms with van der Waals surface area (Å²) in [5.74, 6) is 0.00508. The number of piperidine rings is 1. The SMILES string of the molecule is CC(=O)N1CCC(c2cc(C(F)(F)F)cc3[nH]ccc23)CC1(C)C. The number of aromatic nitrogens is 1. The molecule has 0 bridgehead atoms. The Bertz CT molecular complexity index is 776. The highest BCUT2D eigenvalue weighted by Gasteiger charge is 2.38. The zero-order chi connectivity index (χ0) is 17.7. The van der Waals surface area contributed by atoms with Crippen LogP contribution in [0.15, 0.2) is 24.4 Å². The van der Waals surface area contributed by atoms with Crippen molar-refractivity contribution >= 4 is 16.8 Å². The maximum absolute atomic E-state index is 13.2. The van der Waals surface area contributed by atoms with Crippen molar-refractivity contribution in [2.24, 2.45) is 0 Å². The summed E-state index contributed by atoms with van der Waals surface area (Å²) in [5.41, 5.74) is 0.231. The molecule has 1 unspecified atom stereocenters. The van der Waals surface area contributed by atoms with Crippen molar-refractivity contribution < 1.29 is 18.0 Å². The summed E-state index contributed by atoms with van der Waals surface area (Å²) < 4.78 is 39.7. The molecule has 1 aliphatic rings.